The molecule has 0 saturated carbocycles. The third kappa shape index (κ3) is 1.84. The van der Waals surface area contributed by atoms with E-state index in [1.54, 1.807) is 18.2 Å². The molecule has 0 bridgehead atoms. The van der Waals surface area contributed by atoms with E-state index in [9.17, 15) is 0 Å². The number of rotatable bonds is 1. The predicted molar refractivity (Wildman–Crippen MR) is 82.9 cm³/mol. The largest absolute Gasteiger partial charge is 0.398 e. The molecule has 96 valence electrons. The molecule has 0 unspecified atom stereocenters. The summed E-state index contributed by atoms with van der Waals surface area (Å²) in [5, 5.41) is 11.2. The normalized spacial score (nSPS) is 10.3. The molecule has 0 saturated heterocycles. The second-order valence-electron chi connectivity index (χ2n) is 4.66. The van der Waals surface area contributed by atoms with Gasteiger partial charge < -0.3 is 11.5 Å². The Hall–Kier alpha value is -2.99. The van der Waals surface area contributed by atoms with Crippen molar-refractivity contribution >= 4 is 22.1 Å². The van der Waals surface area contributed by atoms with Gasteiger partial charge in [-0.2, -0.15) is 5.26 Å². The molecule has 0 aliphatic rings. The highest BCUT2D eigenvalue weighted by atomic mass is 14.6. The zero-order valence-electron chi connectivity index (χ0n) is 10.8. The Labute approximate surface area is 117 Å². The van der Waals surface area contributed by atoms with Crippen LogP contribution in [0.5, 0.6) is 0 Å². The van der Waals surface area contributed by atoms with Gasteiger partial charge in [-0.1, -0.05) is 30.3 Å². The van der Waals surface area contributed by atoms with Crippen LogP contribution < -0.4 is 11.5 Å². The summed E-state index contributed by atoms with van der Waals surface area (Å²) in [6.07, 6.45) is 0. The van der Waals surface area contributed by atoms with Crippen molar-refractivity contribution in [3.8, 4) is 17.2 Å². The molecule has 3 rings (SSSR count). The third-order valence-electron chi connectivity index (χ3n) is 3.41. The summed E-state index contributed by atoms with van der Waals surface area (Å²) in [6, 6.07) is 19.2. The Bertz CT molecular complexity index is 844. The lowest BCUT2D eigenvalue weighted by Crippen LogP contribution is -1.96. The Balaban J connectivity index is 2.40. The minimum atomic E-state index is 0.571. The topological polar surface area (TPSA) is 75.8 Å². The van der Waals surface area contributed by atoms with Gasteiger partial charge in [-0.15, -0.1) is 0 Å². The van der Waals surface area contributed by atoms with E-state index in [-0.39, 0.29) is 0 Å². The molecule has 0 heterocycles. The van der Waals surface area contributed by atoms with E-state index in [1.807, 2.05) is 36.4 Å². The lowest BCUT2D eigenvalue weighted by molar-refractivity contribution is 1.48. The molecular weight excluding hydrogens is 246 g/mol. The molecule has 0 amide bonds. The zero-order valence-corrected chi connectivity index (χ0v) is 10.8. The van der Waals surface area contributed by atoms with E-state index in [0.29, 0.717) is 16.9 Å². The van der Waals surface area contributed by atoms with Gasteiger partial charge in [-0.25, -0.2) is 0 Å². The van der Waals surface area contributed by atoms with Crippen LogP contribution in [0.2, 0.25) is 0 Å². The summed E-state index contributed by atoms with van der Waals surface area (Å²) in [6.45, 7) is 0. The van der Waals surface area contributed by atoms with E-state index in [1.165, 1.54) is 0 Å². The van der Waals surface area contributed by atoms with Crippen LogP contribution in [-0.4, -0.2) is 0 Å². The highest BCUT2D eigenvalue weighted by Crippen LogP contribution is 2.37. The molecule has 0 spiro atoms. The standard InChI is InChI=1S/C17H13N3/c18-10-11-5-7-15(19)14(9-11)17-13-4-2-1-3-12(13)6-8-16(17)20/h1-9H,19-20H2. The van der Waals surface area contributed by atoms with Crippen molar-refractivity contribution in [2.45, 2.75) is 0 Å². The SMILES string of the molecule is N#Cc1ccc(N)c(-c2c(N)ccc3ccccc23)c1. The van der Waals surface area contributed by atoms with Crippen molar-refractivity contribution in [3.63, 3.8) is 0 Å². The molecule has 20 heavy (non-hydrogen) atoms. The van der Waals surface area contributed by atoms with Crippen LogP contribution >= 0.6 is 0 Å². The van der Waals surface area contributed by atoms with E-state index < -0.39 is 0 Å². The number of nitrogen functional groups attached to an aromatic ring is 2. The van der Waals surface area contributed by atoms with Crippen molar-refractivity contribution in [1.29, 1.82) is 5.26 Å². The Morgan fingerprint density at radius 3 is 2.40 bits per heavy atom. The van der Waals surface area contributed by atoms with Gasteiger partial charge in [0.2, 0.25) is 0 Å². The van der Waals surface area contributed by atoms with Crippen molar-refractivity contribution in [1.82, 2.24) is 0 Å². The number of nitriles is 1. The molecule has 0 aromatic heterocycles. The predicted octanol–water partition coefficient (Wildman–Crippen LogP) is 3.54. The van der Waals surface area contributed by atoms with Gasteiger partial charge in [0.25, 0.3) is 0 Å². The molecular formula is C17H13N3. The van der Waals surface area contributed by atoms with Crippen molar-refractivity contribution in [2.24, 2.45) is 0 Å². The first-order chi connectivity index (χ1) is 9.70. The molecule has 3 aromatic rings. The average molecular weight is 259 g/mol. The molecule has 0 atom stereocenters. The van der Waals surface area contributed by atoms with Crippen LogP contribution in [0.1, 0.15) is 5.56 Å². The van der Waals surface area contributed by atoms with Crippen molar-refractivity contribution in [3.05, 3.63) is 60.2 Å². The minimum Gasteiger partial charge on any atom is -0.398 e. The fourth-order valence-electron chi connectivity index (χ4n) is 2.43. The van der Waals surface area contributed by atoms with Gasteiger partial charge in [0, 0.05) is 22.5 Å². The molecule has 4 N–H and O–H groups in total. The van der Waals surface area contributed by atoms with Crippen LogP contribution in [-0.2, 0) is 0 Å². The third-order valence-corrected chi connectivity index (χ3v) is 3.41. The summed E-state index contributed by atoms with van der Waals surface area (Å²) in [7, 11) is 0. The summed E-state index contributed by atoms with van der Waals surface area (Å²) >= 11 is 0. The molecule has 0 radical (unpaired) electrons. The number of fused-ring (bicyclic) bond motifs is 1. The second kappa shape index (κ2) is 4.60. The van der Waals surface area contributed by atoms with Crippen molar-refractivity contribution < 1.29 is 0 Å². The van der Waals surface area contributed by atoms with E-state index >= 15 is 0 Å². The number of nitrogens with two attached hydrogens (primary N) is 2. The Morgan fingerprint density at radius 1 is 0.850 bits per heavy atom. The number of anilines is 2. The first-order valence-electron chi connectivity index (χ1n) is 6.28. The number of benzene rings is 3. The molecule has 3 heteroatoms. The fraction of sp³-hybridized carbons (Fsp3) is 0. The molecule has 0 aliphatic heterocycles. The Kier molecular flexibility index (Phi) is 2.77. The van der Waals surface area contributed by atoms with Gasteiger partial charge >= 0.3 is 0 Å². The van der Waals surface area contributed by atoms with Crippen LogP contribution in [0.25, 0.3) is 21.9 Å². The lowest BCUT2D eigenvalue weighted by Gasteiger charge is -2.13. The lowest BCUT2D eigenvalue weighted by atomic mass is 9.94. The summed E-state index contributed by atoms with van der Waals surface area (Å²) < 4.78 is 0. The average Bonchev–Trinajstić information content (AvgIpc) is 2.48. The number of hydrogen-bond acceptors (Lipinski definition) is 3. The monoisotopic (exact) mass is 259 g/mol. The van der Waals surface area contributed by atoms with E-state index in [4.69, 9.17) is 16.7 Å². The zero-order chi connectivity index (χ0) is 14.1. The van der Waals surface area contributed by atoms with E-state index in [2.05, 4.69) is 6.07 Å². The van der Waals surface area contributed by atoms with Gasteiger partial charge in [0.15, 0.2) is 0 Å². The quantitative estimate of drug-likeness (QED) is 0.656. The van der Waals surface area contributed by atoms with Crippen LogP contribution in [0.15, 0.2) is 54.6 Å². The Morgan fingerprint density at radius 2 is 1.60 bits per heavy atom. The van der Waals surface area contributed by atoms with Gasteiger partial charge in [0.05, 0.1) is 11.6 Å². The fourth-order valence-corrected chi connectivity index (χ4v) is 2.43. The second-order valence-corrected chi connectivity index (χ2v) is 4.66. The summed E-state index contributed by atoms with van der Waals surface area (Å²) in [4.78, 5) is 0. The highest BCUT2D eigenvalue weighted by molar-refractivity contribution is 6.04. The molecule has 0 aliphatic carbocycles. The number of hydrogen-bond donors (Lipinski definition) is 2. The summed E-state index contributed by atoms with van der Waals surface area (Å²) in [5.41, 5.74) is 15.7. The maximum absolute atomic E-state index is 9.06. The maximum Gasteiger partial charge on any atom is 0.0991 e. The summed E-state index contributed by atoms with van der Waals surface area (Å²) in [5.74, 6) is 0. The first kappa shape index (κ1) is 12.1. The van der Waals surface area contributed by atoms with Crippen molar-refractivity contribution in [2.75, 3.05) is 11.5 Å². The van der Waals surface area contributed by atoms with Gasteiger partial charge in [-0.3, -0.25) is 0 Å². The first-order valence-corrected chi connectivity index (χ1v) is 6.28. The molecule has 3 aromatic carbocycles. The van der Waals surface area contributed by atoms with E-state index in [0.717, 1.165) is 21.9 Å². The van der Waals surface area contributed by atoms with Gasteiger partial charge in [0.1, 0.15) is 0 Å². The van der Waals surface area contributed by atoms with Crippen LogP contribution in [0.4, 0.5) is 11.4 Å². The van der Waals surface area contributed by atoms with Crippen LogP contribution in [0, 0.1) is 11.3 Å². The smallest absolute Gasteiger partial charge is 0.0991 e. The van der Waals surface area contributed by atoms with Gasteiger partial charge in [-0.05, 0) is 35.0 Å². The minimum absolute atomic E-state index is 0.571. The molecule has 0 fully saturated rings. The number of nitrogens with zero attached hydrogens (tertiary/aromatic N) is 1. The molecule has 3 nitrogen and oxygen atoms in total. The maximum atomic E-state index is 9.06. The van der Waals surface area contributed by atoms with Crippen LogP contribution in [0.3, 0.4) is 0 Å². The highest BCUT2D eigenvalue weighted by Gasteiger charge is 2.11.